The molecule has 0 radical (unpaired) electrons. The average Bonchev–Trinajstić information content (AvgIpc) is 2.46. The van der Waals surface area contributed by atoms with E-state index in [4.69, 9.17) is 0 Å². The standard InChI is InChI=1S/C14H19N3O2/c18-14(19)12-4-5-15-9-13(12)17-8-7-16-6-2-1-3-11(16)10-17/h4-5,9,11H,1-3,6-8,10H2,(H,18,19). The Kier molecular flexibility index (Phi) is 3.38. The molecular formula is C14H19N3O2. The van der Waals surface area contributed by atoms with Gasteiger partial charge in [0.05, 0.1) is 17.4 Å². The molecule has 3 rings (SSSR count). The zero-order valence-electron chi connectivity index (χ0n) is 11.0. The first-order valence-corrected chi connectivity index (χ1v) is 6.92. The lowest BCUT2D eigenvalue weighted by molar-refractivity contribution is 0.0696. The average molecular weight is 261 g/mol. The van der Waals surface area contributed by atoms with Gasteiger partial charge in [-0.1, -0.05) is 6.42 Å². The molecule has 1 atom stereocenters. The summed E-state index contributed by atoms with van der Waals surface area (Å²) >= 11 is 0. The van der Waals surface area contributed by atoms with Gasteiger partial charge in [-0.15, -0.1) is 0 Å². The van der Waals surface area contributed by atoms with E-state index in [2.05, 4.69) is 14.8 Å². The molecule has 1 aromatic rings. The van der Waals surface area contributed by atoms with Crippen LogP contribution in [-0.2, 0) is 0 Å². The second kappa shape index (κ2) is 5.17. The summed E-state index contributed by atoms with van der Waals surface area (Å²) < 4.78 is 0. The van der Waals surface area contributed by atoms with Gasteiger partial charge in [-0.3, -0.25) is 9.88 Å². The van der Waals surface area contributed by atoms with Crippen LogP contribution < -0.4 is 4.90 Å². The van der Waals surface area contributed by atoms with Gasteiger partial charge in [0.15, 0.2) is 0 Å². The quantitative estimate of drug-likeness (QED) is 0.873. The summed E-state index contributed by atoms with van der Waals surface area (Å²) in [6.07, 6.45) is 7.03. The third kappa shape index (κ3) is 2.42. The molecule has 2 saturated heterocycles. The molecule has 5 heteroatoms. The van der Waals surface area contributed by atoms with Crippen molar-refractivity contribution in [2.24, 2.45) is 0 Å². The molecule has 102 valence electrons. The summed E-state index contributed by atoms with van der Waals surface area (Å²) in [6.45, 7) is 4.03. The van der Waals surface area contributed by atoms with Gasteiger partial charge in [-0.25, -0.2) is 4.79 Å². The van der Waals surface area contributed by atoms with E-state index in [1.807, 2.05) is 0 Å². The van der Waals surface area contributed by atoms with Crippen LogP contribution in [0.5, 0.6) is 0 Å². The van der Waals surface area contributed by atoms with Crippen LogP contribution in [0.4, 0.5) is 5.69 Å². The molecule has 5 nitrogen and oxygen atoms in total. The Morgan fingerprint density at radius 3 is 3.05 bits per heavy atom. The van der Waals surface area contributed by atoms with Gasteiger partial charge in [-0.05, 0) is 25.5 Å². The number of piperazine rings is 1. The van der Waals surface area contributed by atoms with E-state index in [-0.39, 0.29) is 0 Å². The maximum atomic E-state index is 11.3. The molecule has 3 heterocycles. The van der Waals surface area contributed by atoms with Crippen molar-refractivity contribution < 1.29 is 9.90 Å². The largest absolute Gasteiger partial charge is 0.478 e. The molecule has 0 aliphatic carbocycles. The first-order valence-electron chi connectivity index (χ1n) is 6.92. The number of piperidine rings is 1. The maximum Gasteiger partial charge on any atom is 0.337 e. The number of hydrogen-bond donors (Lipinski definition) is 1. The highest BCUT2D eigenvalue weighted by atomic mass is 16.4. The van der Waals surface area contributed by atoms with E-state index in [9.17, 15) is 9.90 Å². The number of anilines is 1. The highest BCUT2D eigenvalue weighted by molar-refractivity contribution is 5.94. The number of pyridine rings is 1. The van der Waals surface area contributed by atoms with Crippen molar-refractivity contribution in [2.45, 2.75) is 25.3 Å². The fourth-order valence-corrected chi connectivity index (χ4v) is 3.19. The molecule has 0 aromatic carbocycles. The van der Waals surface area contributed by atoms with E-state index >= 15 is 0 Å². The van der Waals surface area contributed by atoms with Crippen molar-refractivity contribution in [1.82, 2.24) is 9.88 Å². The molecule has 2 fully saturated rings. The van der Waals surface area contributed by atoms with Crippen LogP contribution >= 0.6 is 0 Å². The first kappa shape index (κ1) is 12.4. The maximum absolute atomic E-state index is 11.3. The molecule has 1 aromatic heterocycles. The lowest BCUT2D eigenvalue weighted by Crippen LogP contribution is -2.55. The summed E-state index contributed by atoms with van der Waals surface area (Å²) in [5.74, 6) is -0.872. The van der Waals surface area contributed by atoms with E-state index < -0.39 is 5.97 Å². The molecule has 1 unspecified atom stereocenters. The molecular weight excluding hydrogens is 242 g/mol. The van der Waals surface area contributed by atoms with Crippen molar-refractivity contribution in [2.75, 3.05) is 31.1 Å². The highest BCUT2D eigenvalue weighted by Gasteiger charge is 2.30. The zero-order chi connectivity index (χ0) is 13.2. The molecule has 0 amide bonds. The van der Waals surface area contributed by atoms with Crippen molar-refractivity contribution in [1.29, 1.82) is 0 Å². The Morgan fingerprint density at radius 2 is 2.21 bits per heavy atom. The van der Waals surface area contributed by atoms with Crippen LogP contribution in [-0.4, -0.2) is 53.2 Å². The van der Waals surface area contributed by atoms with Crippen LogP contribution in [0, 0.1) is 0 Å². The monoisotopic (exact) mass is 261 g/mol. The minimum absolute atomic E-state index is 0.360. The van der Waals surface area contributed by atoms with Gasteiger partial charge >= 0.3 is 5.97 Å². The first-order chi connectivity index (χ1) is 9.25. The van der Waals surface area contributed by atoms with Crippen LogP contribution in [0.2, 0.25) is 0 Å². The lowest BCUT2D eigenvalue weighted by atomic mass is 9.99. The SMILES string of the molecule is O=C(O)c1ccncc1N1CCN2CCCCC2C1. The second-order valence-corrected chi connectivity index (χ2v) is 5.33. The Labute approximate surface area is 112 Å². The van der Waals surface area contributed by atoms with Gasteiger partial charge in [-0.2, -0.15) is 0 Å². The Hall–Kier alpha value is -1.62. The van der Waals surface area contributed by atoms with Gasteiger partial charge < -0.3 is 10.0 Å². The van der Waals surface area contributed by atoms with Crippen molar-refractivity contribution in [3.8, 4) is 0 Å². The Morgan fingerprint density at radius 1 is 1.32 bits per heavy atom. The number of carboxylic acids is 1. The summed E-state index contributed by atoms with van der Waals surface area (Å²) in [5.41, 5.74) is 1.12. The van der Waals surface area contributed by atoms with Gasteiger partial charge in [0.25, 0.3) is 0 Å². The van der Waals surface area contributed by atoms with Crippen LogP contribution in [0.3, 0.4) is 0 Å². The molecule has 1 N–H and O–H groups in total. The Balaban J connectivity index is 1.81. The number of carbonyl (C=O) groups is 1. The highest BCUT2D eigenvalue weighted by Crippen LogP contribution is 2.26. The number of carboxylic acid groups (broad SMARTS) is 1. The summed E-state index contributed by atoms with van der Waals surface area (Å²) in [7, 11) is 0. The van der Waals surface area contributed by atoms with E-state index in [0.29, 0.717) is 11.6 Å². The fourth-order valence-electron chi connectivity index (χ4n) is 3.19. The van der Waals surface area contributed by atoms with Gasteiger partial charge in [0, 0.05) is 31.9 Å². The molecule has 2 aliphatic rings. The predicted octanol–water partition coefficient (Wildman–Crippen LogP) is 1.45. The van der Waals surface area contributed by atoms with Crippen molar-refractivity contribution in [3.05, 3.63) is 24.0 Å². The van der Waals surface area contributed by atoms with Gasteiger partial charge in [0.1, 0.15) is 0 Å². The lowest BCUT2D eigenvalue weighted by Gasteiger charge is -2.45. The van der Waals surface area contributed by atoms with Gasteiger partial charge in [0.2, 0.25) is 0 Å². The van der Waals surface area contributed by atoms with Crippen molar-refractivity contribution in [3.63, 3.8) is 0 Å². The number of nitrogens with zero attached hydrogens (tertiary/aromatic N) is 3. The summed E-state index contributed by atoms with van der Waals surface area (Å²) in [4.78, 5) is 20.1. The minimum Gasteiger partial charge on any atom is -0.478 e. The van der Waals surface area contributed by atoms with Crippen LogP contribution in [0.15, 0.2) is 18.5 Å². The zero-order valence-corrected chi connectivity index (χ0v) is 11.0. The van der Waals surface area contributed by atoms with E-state index in [1.165, 1.54) is 25.8 Å². The van der Waals surface area contributed by atoms with Crippen LogP contribution in [0.25, 0.3) is 0 Å². The predicted molar refractivity (Wildman–Crippen MR) is 72.6 cm³/mol. The summed E-state index contributed by atoms with van der Waals surface area (Å²) in [6, 6.07) is 2.16. The topological polar surface area (TPSA) is 56.7 Å². The van der Waals surface area contributed by atoms with E-state index in [0.717, 1.165) is 25.3 Å². The fraction of sp³-hybridized carbons (Fsp3) is 0.571. The third-order valence-corrected chi connectivity index (χ3v) is 4.21. The number of aromatic carboxylic acids is 1. The molecule has 0 saturated carbocycles. The smallest absolute Gasteiger partial charge is 0.337 e. The van der Waals surface area contributed by atoms with E-state index in [1.54, 1.807) is 18.5 Å². The molecule has 2 aliphatic heterocycles. The molecule has 0 bridgehead atoms. The second-order valence-electron chi connectivity index (χ2n) is 5.33. The third-order valence-electron chi connectivity index (χ3n) is 4.21. The number of rotatable bonds is 2. The number of hydrogen-bond acceptors (Lipinski definition) is 4. The molecule has 0 spiro atoms. The Bertz CT molecular complexity index is 478. The molecule has 19 heavy (non-hydrogen) atoms. The minimum atomic E-state index is -0.872. The normalized spacial score (nSPS) is 24.0. The van der Waals surface area contributed by atoms with Crippen molar-refractivity contribution >= 4 is 11.7 Å². The number of aromatic nitrogens is 1. The summed E-state index contributed by atoms with van der Waals surface area (Å²) in [5, 5.41) is 9.26. The van der Waals surface area contributed by atoms with Crippen LogP contribution in [0.1, 0.15) is 29.6 Å². The number of fused-ring (bicyclic) bond motifs is 1.